The zero-order valence-corrected chi connectivity index (χ0v) is 12.3. The molecule has 2 atom stereocenters. The van der Waals surface area contributed by atoms with Crippen LogP contribution in [0.1, 0.15) is 25.1 Å². The molecule has 0 aliphatic heterocycles. The van der Waals surface area contributed by atoms with Gasteiger partial charge in [0.25, 0.3) is 0 Å². The van der Waals surface area contributed by atoms with Crippen LogP contribution in [0.25, 0.3) is 0 Å². The number of rotatable bonds is 6. The molecule has 0 aromatic carbocycles. The quantitative estimate of drug-likeness (QED) is 0.822. The highest BCUT2D eigenvalue weighted by atomic mass is 32.1. The summed E-state index contributed by atoms with van der Waals surface area (Å²) in [7, 11) is 3.49. The Morgan fingerprint density at radius 1 is 1.61 bits per heavy atom. The molecule has 1 amide bonds. The Morgan fingerprint density at radius 2 is 2.28 bits per heavy atom. The van der Waals surface area contributed by atoms with E-state index < -0.39 is 5.60 Å². The van der Waals surface area contributed by atoms with Crippen LogP contribution in [0.3, 0.4) is 0 Å². The molecule has 1 aromatic heterocycles. The molecule has 4 nitrogen and oxygen atoms in total. The van der Waals surface area contributed by atoms with Crippen LogP contribution in [-0.2, 0) is 10.4 Å². The van der Waals surface area contributed by atoms with Gasteiger partial charge in [-0.05, 0) is 25.3 Å². The number of carbonyl (C=O) groups is 1. The maximum absolute atomic E-state index is 11.5. The summed E-state index contributed by atoms with van der Waals surface area (Å²) in [4.78, 5) is 14.0. The van der Waals surface area contributed by atoms with Gasteiger partial charge in [0.2, 0.25) is 5.91 Å². The number of hydrogen-bond acceptors (Lipinski definition) is 4. The minimum Gasteiger partial charge on any atom is -0.383 e. The van der Waals surface area contributed by atoms with E-state index in [2.05, 4.69) is 5.32 Å². The van der Waals surface area contributed by atoms with Crippen molar-refractivity contribution in [2.45, 2.75) is 31.9 Å². The van der Waals surface area contributed by atoms with Gasteiger partial charge in [0, 0.05) is 38.0 Å². The van der Waals surface area contributed by atoms with Gasteiger partial charge in [-0.1, -0.05) is 6.07 Å². The van der Waals surface area contributed by atoms with E-state index in [4.69, 9.17) is 0 Å². The molecular weight excluding hydrogens is 248 g/mol. The molecule has 2 N–H and O–H groups in total. The number of thiophene rings is 1. The third kappa shape index (κ3) is 4.40. The Hall–Kier alpha value is -0.910. The monoisotopic (exact) mass is 270 g/mol. The number of amides is 1. The molecule has 0 bridgehead atoms. The molecule has 2 unspecified atom stereocenters. The van der Waals surface area contributed by atoms with Crippen molar-refractivity contribution in [1.82, 2.24) is 10.2 Å². The Kier molecular flexibility index (Phi) is 5.31. The van der Waals surface area contributed by atoms with Crippen molar-refractivity contribution >= 4 is 17.2 Å². The molecular formula is C13H22N2O2S. The van der Waals surface area contributed by atoms with Crippen LogP contribution >= 0.6 is 11.3 Å². The van der Waals surface area contributed by atoms with Gasteiger partial charge in [0.15, 0.2) is 0 Å². The topological polar surface area (TPSA) is 52.6 Å². The van der Waals surface area contributed by atoms with Crippen molar-refractivity contribution in [3.8, 4) is 0 Å². The van der Waals surface area contributed by atoms with Gasteiger partial charge in [0.1, 0.15) is 5.60 Å². The van der Waals surface area contributed by atoms with Gasteiger partial charge in [0.05, 0.1) is 0 Å². The molecule has 0 saturated heterocycles. The first-order valence-corrected chi connectivity index (χ1v) is 6.91. The summed E-state index contributed by atoms with van der Waals surface area (Å²) in [6.07, 6.45) is 0.438. The van der Waals surface area contributed by atoms with E-state index in [9.17, 15) is 9.90 Å². The molecule has 0 saturated carbocycles. The van der Waals surface area contributed by atoms with E-state index in [1.807, 2.05) is 24.4 Å². The summed E-state index contributed by atoms with van der Waals surface area (Å²) >= 11 is 1.54. The first-order chi connectivity index (χ1) is 8.33. The maximum Gasteiger partial charge on any atom is 0.223 e. The summed E-state index contributed by atoms with van der Waals surface area (Å²) in [6.45, 7) is 4.17. The summed E-state index contributed by atoms with van der Waals surface area (Å²) in [6, 6.07) is 3.89. The van der Waals surface area contributed by atoms with Crippen molar-refractivity contribution in [2.24, 2.45) is 0 Å². The van der Waals surface area contributed by atoms with Crippen LogP contribution in [0, 0.1) is 0 Å². The first kappa shape index (κ1) is 15.1. The molecule has 0 radical (unpaired) electrons. The normalized spacial score (nSPS) is 16.1. The standard InChI is InChI=1S/C13H22N2O2S/c1-10(8-12(16)15(3)4)14-9-13(2,17)11-6-5-7-18-11/h5-7,10,14,17H,8-9H2,1-4H3. The largest absolute Gasteiger partial charge is 0.383 e. The van der Waals surface area contributed by atoms with E-state index in [0.717, 1.165) is 4.88 Å². The fraction of sp³-hybridized carbons (Fsp3) is 0.615. The Balaban J connectivity index is 2.43. The van der Waals surface area contributed by atoms with Crippen molar-refractivity contribution in [1.29, 1.82) is 0 Å². The molecule has 1 heterocycles. The lowest BCUT2D eigenvalue weighted by atomic mass is 10.0. The number of hydrogen-bond donors (Lipinski definition) is 2. The van der Waals surface area contributed by atoms with Gasteiger partial charge in [-0.25, -0.2) is 0 Å². The van der Waals surface area contributed by atoms with Gasteiger partial charge in [-0.15, -0.1) is 11.3 Å². The molecule has 5 heteroatoms. The highest BCUT2D eigenvalue weighted by Crippen LogP contribution is 2.24. The van der Waals surface area contributed by atoms with Gasteiger partial charge < -0.3 is 15.3 Å². The van der Waals surface area contributed by atoms with Crippen LogP contribution in [-0.4, -0.2) is 42.6 Å². The minimum atomic E-state index is -0.885. The van der Waals surface area contributed by atoms with Gasteiger partial charge in [-0.3, -0.25) is 4.79 Å². The van der Waals surface area contributed by atoms with E-state index >= 15 is 0 Å². The number of nitrogens with one attached hydrogen (secondary N) is 1. The van der Waals surface area contributed by atoms with Crippen LogP contribution in [0.5, 0.6) is 0 Å². The highest BCUT2D eigenvalue weighted by Gasteiger charge is 2.24. The van der Waals surface area contributed by atoms with Crippen LogP contribution < -0.4 is 5.32 Å². The van der Waals surface area contributed by atoms with Crippen LogP contribution in [0.4, 0.5) is 0 Å². The van der Waals surface area contributed by atoms with E-state index in [0.29, 0.717) is 13.0 Å². The Bertz CT molecular complexity index is 374. The van der Waals surface area contributed by atoms with Crippen molar-refractivity contribution < 1.29 is 9.90 Å². The van der Waals surface area contributed by atoms with Crippen molar-refractivity contribution in [3.05, 3.63) is 22.4 Å². The number of carbonyl (C=O) groups excluding carboxylic acids is 1. The first-order valence-electron chi connectivity index (χ1n) is 6.03. The molecule has 0 aliphatic rings. The molecule has 1 rings (SSSR count). The lowest BCUT2D eigenvalue weighted by Gasteiger charge is -2.25. The molecule has 0 spiro atoms. The third-order valence-corrected chi connectivity index (χ3v) is 3.95. The summed E-state index contributed by atoms with van der Waals surface area (Å²) in [5, 5.41) is 15.5. The average Bonchev–Trinajstić information content (AvgIpc) is 2.80. The van der Waals surface area contributed by atoms with E-state index in [1.54, 1.807) is 25.9 Å². The smallest absolute Gasteiger partial charge is 0.223 e. The maximum atomic E-state index is 11.5. The minimum absolute atomic E-state index is 0.0475. The number of nitrogens with zero attached hydrogens (tertiary/aromatic N) is 1. The van der Waals surface area contributed by atoms with E-state index in [-0.39, 0.29) is 11.9 Å². The highest BCUT2D eigenvalue weighted by molar-refractivity contribution is 7.10. The number of aliphatic hydroxyl groups is 1. The Morgan fingerprint density at radius 3 is 2.78 bits per heavy atom. The van der Waals surface area contributed by atoms with Crippen molar-refractivity contribution in [2.75, 3.05) is 20.6 Å². The average molecular weight is 270 g/mol. The lowest BCUT2D eigenvalue weighted by molar-refractivity contribution is -0.129. The summed E-state index contributed by atoms with van der Waals surface area (Å²) in [5.74, 6) is 0.0887. The second kappa shape index (κ2) is 6.31. The molecule has 1 aromatic rings. The third-order valence-electron chi connectivity index (χ3n) is 2.83. The fourth-order valence-electron chi connectivity index (χ4n) is 1.56. The summed E-state index contributed by atoms with van der Waals surface area (Å²) in [5.41, 5.74) is -0.885. The van der Waals surface area contributed by atoms with Crippen molar-refractivity contribution in [3.63, 3.8) is 0 Å². The molecule has 102 valence electrons. The van der Waals surface area contributed by atoms with E-state index in [1.165, 1.54) is 11.3 Å². The van der Waals surface area contributed by atoms with Crippen LogP contribution in [0.15, 0.2) is 17.5 Å². The SMILES string of the molecule is CC(CC(=O)N(C)C)NCC(C)(O)c1cccs1. The second-order valence-corrected chi connectivity index (χ2v) is 5.97. The zero-order valence-electron chi connectivity index (χ0n) is 11.4. The fourth-order valence-corrected chi connectivity index (χ4v) is 2.35. The van der Waals surface area contributed by atoms with Crippen LogP contribution in [0.2, 0.25) is 0 Å². The predicted octanol–water partition coefficient (Wildman–Crippen LogP) is 1.41. The predicted molar refractivity (Wildman–Crippen MR) is 74.7 cm³/mol. The molecule has 0 aliphatic carbocycles. The van der Waals surface area contributed by atoms with Gasteiger partial charge in [-0.2, -0.15) is 0 Å². The molecule has 0 fully saturated rings. The molecule has 18 heavy (non-hydrogen) atoms. The van der Waals surface area contributed by atoms with Gasteiger partial charge >= 0.3 is 0 Å². The Labute approximate surface area is 113 Å². The second-order valence-electron chi connectivity index (χ2n) is 5.03. The lowest BCUT2D eigenvalue weighted by Crippen LogP contribution is -2.41. The summed E-state index contributed by atoms with van der Waals surface area (Å²) < 4.78 is 0. The zero-order chi connectivity index (χ0) is 13.8.